The first-order valence-electron chi connectivity index (χ1n) is 10.3. The molecule has 1 saturated carbocycles. The molecule has 6 heteroatoms. The molecule has 1 aromatic rings. The number of carbonyl (C=O) groups excluding carboxylic acids is 1. The van der Waals surface area contributed by atoms with Gasteiger partial charge in [-0.05, 0) is 68.7 Å². The Balaban J connectivity index is 1.17. The van der Waals surface area contributed by atoms with E-state index in [1.807, 2.05) is 0 Å². The summed E-state index contributed by atoms with van der Waals surface area (Å²) in [4.78, 5) is 12.1. The molecule has 2 unspecified atom stereocenters. The van der Waals surface area contributed by atoms with Gasteiger partial charge in [0.15, 0.2) is 0 Å². The number of nitrogens with one attached hydrogen (secondary N) is 3. The summed E-state index contributed by atoms with van der Waals surface area (Å²) < 4.78 is 20.0. The van der Waals surface area contributed by atoms with Crippen LogP contribution in [0.15, 0.2) is 18.2 Å². The molecule has 27 heavy (non-hydrogen) atoms. The van der Waals surface area contributed by atoms with Crippen LogP contribution in [0.5, 0.6) is 5.75 Å². The number of carbonyl (C=O) groups is 1. The number of ether oxygens (including phenoxy) is 1. The molecule has 1 amide bonds. The molecule has 0 radical (unpaired) electrons. The second-order valence-electron chi connectivity index (χ2n) is 8.33. The summed E-state index contributed by atoms with van der Waals surface area (Å²) in [7, 11) is 0. The Morgan fingerprint density at radius 2 is 2.19 bits per heavy atom. The molecule has 4 rings (SSSR count). The van der Waals surface area contributed by atoms with E-state index in [9.17, 15) is 9.18 Å². The molecule has 1 aromatic carbocycles. The van der Waals surface area contributed by atoms with Gasteiger partial charge in [0.1, 0.15) is 11.6 Å². The maximum absolute atomic E-state index is 14.3. The van der Waals surface area contributed by atoms with E-state index in [0.29, 0.717) is 24.5 Å². The zero-order valence-corrected chi connectivity index (χ0v) is 15.9. The van der Waals surface area contributed by atoms with Crippen molar-refractivity contribution in [3.8, 4) is 5.75 Å². The third-order valence-electron chi connectivity index (χ3n) is 6.39. The van der Waals surface area contributed by atoms with E-state index in [2.05, 4.69) is 16.0 Å². The number of hydrogen-bond donors (Lipinski definition) is 3. The fraction of sp³-hybridized carbons (Fsp3) is 0.667. The van der Waals surface area contributed by atoms with Gasteiger partial charge in [-0.2, -0.15) is 0 Å². The molecule has 2 heterocycles. The van der Waals surface area contributed by atoms with Crippen molar-refractivity contribution < 1.29 is 13.9 Å². The molecule has 5 nitrogen and oxygen atoms in total. The first-order chi connectivity index (χ1) is 13.1. The first kappa shape index (κ1) is 18.7. The van der Waals surface area contributed by atoms with Crippen LogP contribution in [0.4, 0.5) is 4.39 Å². The van der Waals surface area contributed by atoms with Crippen LogP contribution in [0.3, 0.4) is 0 Å². The van der Waals surface area contributed by atoms with E-state index in [-0.39, 0.29) is 23.7 Å². The number of hydrogen-bond acceptors (Lipinski definition) is 4. The van der Waals surface area contributed by atoms with Crippen molar-refractivity contribution in [3.05, 3.63) is 29.6 Å². The van der Waals surface area contributed by atoms with Crippen LogP contribution in [0, 0.1) is 17.7 Å². The van der Waals surface area contributed by atoms with Crippen molar-refractivity contribution in [2.45, 2.75) is 44.1 Å². The number of halogens is 1. The zero-order valence-electron chi connectivity index (χ0n) is 15.9. The van der Waals surface area contributed by atoms with Crippen molar-refractivity contribution >= 4 is 5.91 Å². The fourth-order valence-corrected chi connectivity index (χ4v) is 4.32. The van der Waals surface area contributed by atoms with Crippen molar-refractivity contribution in [2.24, 2.45) is 11.8 Å². The predicted molar refractivity (Wildman–Crippen MR) is 102 cm³/mol. The lowest BCUT2D eigenvalue weighted by atomic mass is 9.93. The average molecular weight is 375 g/mol. The number of rotatable bonds is 9. The van der Waals surface area contributed by atoms with Crippen molar-refractivity contribution in [1.29, 1.82) is 0 Å². The monoisotopic (exact) mass is 375 g/mol. The molecule has 0 aromatic heterocycles. The minimum atomic E-state index is -0.370. The molecule has 2 saturated heterocycles. The van der Waals surface area contributed by atoms with Crippen LogP contribution in [0.25, 0.3) is 0 Å². The van der Waals surface area contributed by atoms with Crippen molar-refractivity contribution in [2.75, 3.05) is 32.8 Å². The lowest BCUT2D eigenvalue weighted by Gasteiger charge is -2.27. The van der Waals surface area contributed by atoms with Gasteiger partial charge in [0.05, 0.1) is 13.0 Å². The third kappa shape index (κ3) is 4.61. The Bertz CT molecular complexity index is 673. The van der Waals surface area contributed by atoms with E-state index in [1.54, 1.807) is 12.1 Å². The van der Waals surface area contributed by atoms with E-state index in [4.69, 9.17) is 4.74 Å². The summed E-state index contributed by atoms with van der Waals surface area (Å²) in [5.41, 5.74) is 0.570. The quantitative estimate of drug-likeness (QED) is 0.578. The Labute approximate surface area is 160 Å². The van der Waals surface area contributed by atoms with Gasteiger partial charge < -0.3 is 20.7 Å². The van der Waals surface area contributed by atoms with Gasteiger partial charge in [-0.25, -0.2) is 4.39 Å². The van der Waals surface area contributed by atoms with Crippen LogP contribution in [0.1, 0.15) is 37.7 Å². The average Bonchev–Trinajstić information content (AvgIpc) is 3.20. The number of piperidine rings is 1. The van der Waals surface area contributed by atoms with Gasteiger partial charge >= 0.3 is 0 Å². The smallest absolute Gasteiger partial charge is 0.224 e. The SMILES string of the molecule is O=C(Cc1ccc(OCCCC2CCNCC2)cc1F)NCC12CC1CN2. The van der Waals surface area contributed by atoms with Crippen LogP contribution in [-0.2, 0) is 11.2 Å². The standard InChI is InChI=1S/C21H30FN3O2/c22-19-11-18(27-9-1-2-15-5-7-23-8-6-15)4-3-16(19)10-20(26)24-14-21-12-17(21)13-25-21/h3-4,11,15,17,23,25H,1-2,5-10,12-14H2,(H,24,26). The van der Waals surface area contributed by atoms with E-state index >= 15 is 0 Å². The molecule has 0 spiro atoms. The van der Waals surface area contributed by atoms with Gasteiger partial charge in [-0.15, -0.1) is 0 Å². The van der Waals surface area contributed by atoms with Crippen molar-refractivity contribution in [3.63, 3.8) is 0 Å². The fourth-order valence-electron chi connectivity index (χ4n) is 4.32. The minimum Gasteiger partial charge on any atom is -0.493 e. The van der Waals surface area contributed by atoms with Gasteiger partial charge in [-0.1, -0.05) is 6.07 Å². The number of benzene rings is 1. The summed E-state index contributed by atoms with van der Waals surface area (Å²) in [6.45, 7) is 4.55. The second kappa shape index (κ2) is 8.15. The van der Waals surface area contributed by atoms with Gasteiger partial charge in [0.25, 0.3) is 0 Å². The lowest BCUT2D eigenvalue weighted by Crippen LogP contribution is -2.53. The normalized spacial score (nSPS) is 26.8. The summed E-state index contributed by atoms with van der Waals surface area (Å²) in [5.74, 6) is 1.55. The predicted octanol–water partition coefficient (Wildman–Crippen LogP) is 2.00. The highest BCUT2D eigenvalue weighted by molar-refractivity contribution is 5.78. The van der Waals surface area contributed by atoms with E-state index < -0.39 is 0 Å². The molecule has 1 aliphatic carbocycles. The minimum absolute atomic E-state index is 0.0720. The van der Waals surface area contributed by atoms with E-state index in [1.165, 1.54) is 25.3 Å². The van der Waals surface area contributed by atoms with Crippen LogP contribution in [0.2, 0.25) is 0 Å². The van der Waals surface area contributed by atoms with Gasteiger partial charge in [0, 0.05) is 24.7 Å². The first-order valence-corrected chi connectivity index (χ1v) is 10.3. The van der Waals surface area contributed by atoms with Gasteiger partial charge in [-0.3, -0.25) is 4.79 Å². The van der Waals surface area contributed by atoms with Gasteiger partial charge in [0.2, 0.25) is 5.91 Å². The molecule has 2 atom stereocenters. The maximum atomic E-state index is 14.3. The second-order valence-corrected chi connectivity index (χ2v) is 8.33. The molecular weight excluding hydrogens is 345 g/mol. The topological polar surface area (TPSA) is 62.4 Å². The van der Waals surface area contributed by atoms with Crippen LogP contribution < -0.4 is 20.7 Å². The van der Waals surface area contributed by atoms with Crippen molar-refractivity contribution in [1.82, 2.24) is 16.0 Å². The molecule has 2 aliphatic heterocycles. The van der Waals surface area contributed by atoms with Crippen LogP contribution in [-0.4, -0.2) is 44.2 Å². The molecule has 3 N–H and O–H groups in total. The zero-order chi connectivity index (χ0) is 18.7. The summed E-state index contributed by atoms with van der Waals surface area (Å²) in [6, 6.07) is 4.83. The maximum Gasteiger partial charge on any atom is 0.224 e. The Kier molecular flexibility index (Phi) is 5.64. The number of fused-ring (bicyclic) bond motifs is 1. The highest BCUT2D eigenvalue weighted by atomic mass is 19.1. The molecule has 3 aliphatic rings. The summed E-state index contributed by atoms with van der Waals surface area (Å²) in [6.07, 6.45) is 5.85. The Morgan fingerprint density at radius 1 is 1.33 bits per heavy atom. The Morgan fingerprint density at radius 3 is 2.85 bits per heavy atom. The highest BCUT2D eigenvalue weighted by Gasteiger charge is 2.60. The largest absolute Gasteiger partial charge is 0.493 e. The molecule has 3 fully saturated rings. The van der Waals surface area contributed by atoms with E-state index in [0.717, 1.165) is 44.3 Å². The molecular formula is C21H30FN3O2. The van der Waals surface area contributed by atoms with Crippen LogP contribution >= 0.6 is 0 Å². The summed E-state index contributed by atoms with van der Waals surface area (Å²) in [5, 5.41) is 9.67. The third-order valence-corrected chi connectivity index (χ3v) is 6.39. The molecule has 148 valence electrons. The number of amides is 1. The summed E-state index contributed by atoms with van der Waals surface area (Å²) >= 11 is 0. The lowest BCUT2D eigenvalue weighted by molar-refractivity contribution is -0.120. The highest BCUT2D eigenvalue weighted by Crippen LogP contribution is 2.49. The molecule has 0 bridgehead atoms. The Hall–Kier alpha value is -1.66.